The summed E-state index contributed by atoms with van der Waals surface area (Å²) in [5.41, 5.74) is 2.50. The highest BCUT2D eigenvalue weighted by molar-refractivity contribution is 7.99. The Morgan fingerprint density at radius 3 is 2.81 bits per heavy atom. The van der Waals surface area contributed by atoms with Gasteiger partial charge in [0.25, 0.3) is 11.5 Å². The number of nitrogens with zero attached hydrogens (tertiary/aromatic N) is 1. The zero-order chi connectivity index (χ0) is 22.2. The summed E-state index contributed by atoms with van der Waals surface area (Å²) in [7, 11) is 0. The van der Waals surface area contributed by atoms with Crippen LogP contribution < -0.4 is 15.6 Å². The average Bonchev–Trinajstić information content (AvgIpc) is 3.23. The first-order valence-corrected chi connectivity index (χ1v) is 11.7. The van der Waals surface area contributed by atoms with E-state index in [9.17, 15) is 14.4 Å². The SMILES string of the molecule is CC1Oc2ccc(C(=O)CSc3nc4scc(-c5ccccc5)c4c(=O)[nH]3)cc2NC1=O. The van der Waals surface area contributed by atoms with Crippen LogP contribution in [0.1, 0.15) is 17.3 Å². The summed E-state index contributed by atoms with van der Waals surface area (Å²) in [5, 5.41) is 5.61. The molecule has 0 saturated carbocycles. The number of aromatic nitrogens is 2. The fourth-order valence-corrected chi connectivity index (χ4v) is 5.19. The van der Waals surface area contributed by atoms with Gasteiger partial charge in [-0.2, -0.15) is 0 Å². The normalized spacial score (nSPS) is 15.2. The van der Waals surface area contributed by atoms with Crippen LogP contribution in [0.4, 0.5) is 5.69 Å². The molecular formula is C23H17N3O4S2. The van der Waals surface area contributed by atoms with Gasteiger partial charge in [-0.25, -0.2) is 4.98 Å². The van der Waals surface area contributed by atoms with Crippen LogP contribution in [0.25, 0.3) is 21.3 Å². The molecule has 1 aliphatic rings. The number of H-pyrrole nitrogens is 1. The number of nitrogens with one attached hydrogen (secondary N) is 2. The van der Waals surface area contributed by atoms with E-state index in [1.807, 2.05) is 35.7 Å². The van der Waals surface area contributed by atoms with Crippen molar-refractivity contribution in [1.82, 2.24) is 9.97 Å². The lowest BCUT2D eigenvalue weighted by atomic mass is 10.1. The van der Waals surface area contributed by atoms with Gasteiger partial charge in [-0.3, -0.25) is 14.4 Å². The van der Waals surface area contributed by atoms with Crippen LogP contribution in [0, 0.1) is 0 Å². The van der Waals surface area contributed by atoms with Gasteiger partial charge >= 0.3 is 0 Å². The molecule has 7 nitrogen and oxygen atoms in total. The van der Waals surface area contributed by atoms with Crippen molar-refractivity contribution in [3.8, 4) is 16.9 Å². The van der Waals surface area contributed by atoms with Gasteiger partial charge in [-0.15, -0.1) is 11.3 Å². The minimum absolute atomic E-state index is 0.0926. The first-order valence-electron chi connectivity index (χ1n) is 9.84. The van der Waals surface area contributed by atoms with Crippen LogP contribution in [-0.2, 0) is 4.79 Å². The quantitative estimate of drug-likeness (QED) is 0.259. The molecule has 1 unspecified atom stereocenters. The number of carbonyl (C=O) groups is 2. The molecule has 1 atom stereocenters. The number of thioether (sulfide) groups is 1. The summed E-state index contributed by atoms with van der Waals surface area (Å²) in [6.45, 7) is 1.66. The van der Waals surface area contributed by atoms with E-state index in [1.54, 1.807) is 25.1 Å². The number of ether oxygens (including phenoxy) is 1. The van der Waals surface area contributed by atoms with E-state index in [-0.39, 0.29) is 23.0 Å². The van der Waals surface area contributed by atoms with Gasteiger partial charge in [0.2, 0.25) is 0 Å². The summed E-state index contributed by atoms with van der Waals surface area (Å²) in [6, 6.07) is 14.6. The van der Waals surface area contributed by atoms with Gasteiger partial charge in [-0.05, 0) is 30.7 Å². The van der Waals surface area contributed by atoms with E-state index < -0.39 is 6.10 Å². The topological polar surface area (TPSA) is 101 Å². The molecule has 1 amide bonds. The van der Waals surface area contributed by atoms with E-state index in [0.29, 0.717) is 32.4 Å². The second-order valence-corrected chi connectivity index (χ2v) is 9.06. The largest absolute Gasteiger partial charge is 0.479 e. The molecule has 0 bridgehead atoms. The zero-order valence-electron chi connectivity index (χ0n) is 16.9. The monoisotopic (exact) mass is 463 g/mol. The van der Waals surface area contributed by atoms with E-state index in [0.717, 1.165) is 11.1 Å². The van der Waals surface area contributed by atoms with Crippen molar-refractivity contribution in [3.63, 3.8) is 0 Å². The fraction of sp³-hybridized carbons (Fsp3) is 0.130. The van der Waals surface area contributed by atoms with Crippen LogP contribution in [0.15, 0.2) is 63.9 Å². The third-order valence-corrected chi connectivity index (χ3v) is 6.82. The van der Waals surface area contributed by atoms with Crippen molar-refractivity contribution in [1.29, 1.82) is 0 Å². The summed E-state index contributed by atoms with van der Waals surface area (Å²) in [6.07, 6.45) is -0.572. The molecule has 5 rings (SSSR count). The van der Waals surface area contributed by atoms with Crippen molar-refractivity contribution in [2.24, 2.45) is 0 Å². The second-order valence-electron chi connectivity index (χ2n) is 7.24. The number of anilines is 1. The highest BCUT2D eigenvalue weighted by atomic mass is 32.2. The van der Waals surface area contributed by atoms with Crippen LogP contribution in [0.2, 0.25) is 0 Å². The summed E-state index contributed by atoms with van der Waals surface area (Å²) < 4.78 is 5.52. The number of hydrogen-bond acceptors (Lipinski definition) is 7. The Hall–Kier alpha value is -3.43. The van der Waals surface area contributed by atoms with Crippen molar-refractivity contribution in [2.45, 2.75) is 18.2 Å². The number of fused-ring (bicyclic) bond motifs is 2. The minimum Gasteiger partial charge on any atom is -0.479 e. The molecule has 0 saturated heterocycles. The molecule has 0 fully saturated rings. The van der Waals surface area contributed by atoms with Gasteiger partial charge < -0.3 is 15.0 Å². The first-order chi connectivity index (χ1) is 15.5. The average molecular weight is 464 g/mol. The van der Waals surface area contributed by atoms with E-state index in [2.05, 4.69) is 15.3 Å². The lowest BCUT2D eigenvalue weighted by Gasteiger charge is -2.23. The van der Waals surface area contributed by atoms with E-state index in [1.165, 1.54) is 23.1 Å². The second kappa shape index (κ2) is 8.25. The Labute approximate surface area is 190 Å². The molecular weight excluding hydrogens is 446 g/mol. The Kier molecular flexibility index (Phi) is 5.28. The molecule has 9 heteroatoms. The Morgan fingerprint density at radius 2 is 2.00 bits per heavy atom. The molecule has 3 heterocycles. The smallest absolute Gasteiger partial charge is 0.265 e. The Balaban J connectivity index is 1.35. The van der Waals surface area contributed by atoms with Gasteiger partial charge in [-0.1, -0.05) is 42.1 Å². The standard InChI is InChI=1S/C23H17N3O4S2/c1-12-20(28)24-16-9-14(7-8-18(16)30-12)17(27)11-32-23-25-21(29)19-15(10-31-22(19)26-23)13-5-3-2-4-6-13/h2-10,12H,11H2,1H3,(H,24,28)(H,25,26,29). The molecule has 0 aliphatic carbocycles. The number of benzene rings is 2. The van der Waals surface area contributed by atoms with E-state index >= 15 is 0 Å². The first kappa shape index (κ1) is 20.5. The van der Waals surface area contributed by atoms with Gasteiger partial charge in [0.1, 0.15) is 10.6 Å². The zero-order valence-corrected chi connectivity index (χ0v) is 18.5. The van der Waals surface area contributed by atoms with Gasteiger partial charge in [0.15, 0.2) is 17.0 Å². The van der Waals surface area contributed by atoms with Crippen LogP contribution in [0.5, 0.6) is 5.75 Å². The number of rotatable bonds is 5. The minimum atomic E-state index is -0.572. The maximum Gasteiger partial charge on any atom is 0.265 e. The molecule has 160 valence electrons. The predicted octanol–water partition coefficient (Wildman–Crippen LogP) is 4.35. The third-order valence-electron chi connectivity index (χ3n) is 5.08. The summed E-state index contributed by atoms with van der Waals surface area (Å²) in [4.78, 5) is 45.2. The maximum absolute atomic E-state index is 12.7. The molecule has 2 aromatic carbocycles. The van der Waals surface area contributed by atoms with E-state index in [4.69, 9.17) is 4.74 Å². The molecule has 4 aromatic rings. The van der Waals surface area contributed by atoms with Crippen molar-refractivity contribution in [2.75, 3.05) is 11.1 Å². The number of thiophene rings is 1. The number of Topliss-reactive ketones (excluding diaryl/α,β-unsaturated/α-hetero) is 1. The molecule has 2 aromatic heterocycles. The Bertz CT molecular complexity index is 1410. The molecule has 0 spiro atoms. The van der Waals surface area contributed by atoms with Crippen LogP contribution in [-0.4, -0.2) is 33.5 Å². The lowest BCUT2D eigenvalue weighted by molar-refractivity contribution is -0.122. The molecule has 1 aliphatic heterocycles. The predicted molar refractivity (Wildman–Crippen MR) is 126 cm³/mol. The van der Waals surface area contributed by atoms with Crippen molar-refractivity contribution < 1.29 is 14.3 Å². The molecule has 0 radical (unpaired) electrons. The summed E-state index contributed by atoms with van der Waals surface area (Å²) in [5.74, 6) is 0.224. The van der Waals surface area contributed by atoms with Gasteiger partial charge in [0, 0.05) is 16.5 Å². The number of amides is 1. The fourth-order valence-electron chi connectivity index (χ4n) is 3.43. The van der Waals surface area contributed by atoms with Crippen LogP contribution in [0.3, 0.4) is 0 Å². The third kappa shape index (κ3) is 3.80. The number of aromatic amines is 1. The number of hydrogen-bond donors (Lipinski definition) is 2. The maximum atomic E-state index is 12.7. The lowest BCUT2D eigenvalue weighted by Crippen LogP contribution is -2.34. The number of carbonyl (C=O) groups excluding carboxylic acids is 2. The molecule has 32 heavy (non-hydrogen) atoms. The summed E-state index contributed by atoms with van der Waals surface area (Å²) >= 11 is 2.57. The van der Waals surface area contributed by atoms with Gasteiger partial charge in [0.05, 0.1) is 16.8 Å². The highest BCUT2D eigenvalue weighted by Crippen LogP contribution is 2.32. The van der Waals surface area contributed by atoms with Crippen molar-refractivity contribution in [3.05, 3.63) is 69.8 Å². The Morgan fingerprint density at radius 1 is 1.19 bits per heavy atom. The highest BCUT2D eigenvalue weighted by Gasteiger charge is 2.24. The number of ketones is 1. The van der Waals surface area contributed by atoms with Crippen LogP contribution >= 0.6 is 23.1 Å². The van der Waals surface area contributed by atoms with Crippen molar-refractivity contribution >= 4 is 50.7 Å². The molecule has 2 N–H and O–H groups in total.